The lowest BCUT2D eigenvalue weighted by Crippen LogP contribution is -2.58. The van der Waals surface area contributed by atoms with E-state index in [1.807, 2.05) is 19.1 Å². The van der Waals surface area contributed by atoms with Crippen molar-refractivity contribution in [2.75, 3.05) is 19.6 Å². The predicted octanol–water partition coefficient (Wildman–Crippen LogP) is 1.46. The third kappa shape index (κ3) is 2.00. The highest BCUT2D eigenvalue weighted by Crippen LogP contribution is 2.44. The van der Waals surface area contributed by atoms with Gasteiger partial charge in [-0.05, 0) is 32.9 Å². The van der Waals surface area contributed by atoms with Gasteiger partial charge in [-0.3, -0.25) is 4.90 Å². The van der Waals surface area contributed by atoms with Gasteiger partial charge >= 0.3 is 0 Å². The van der Waals surface area contributed by atoms with Crippen LogP contribution in [0.1, 0.15) is 19.4 Å². The molecule has 0 amide bonds. The minimum Gasteiger partial charge on any atom is -0.289 e. The molecule has 1 aromatic rings. The van der Waals surface area contributed by atoms with Gasteiger partial charge in [-0.25, -0.2) is 8.42 Å². The molecule has 1 atom stereocenters. The van der Waals surface area contributed by atoms with Crippen molar-refractivity contribution in [2.45, 2.75) is 37.2 Å². The summed E-state index contributed by atoms with van der Waals surface area (Å²) in [5, 5.41) is 0. The maximum atomic E-state index is 12.4. The van der Waals surface area contributed by atoms with Crippen LogP contribution in [-0.4, -0.2) is 48.8 Å². The Kier molecular flexibility index (Phi) is 2.78. The average Bonchev–Trinajstić information content (AvgIpc) is 3.03. The summed E-state index contributed by atoms with van der Waals surface area (Å²) >= 11 is 0. The molecule has 0 aliphatic carbocycles. The Labute approximate surface area is 115 Å². The number of aryl methyl sites for hydroxylation is 1. The van der Waals surface area contributed by atoms with Crippen molar-refractivity contribution in [3.05, 3.63) is 29.8 Å². The smallest absolute Gasteiger partial charge is 0.243 e. The van der Waals surface area contributed by atoms with Gasteiger partial charge in [0.1, 0.15) is 0 Å². The fourth-order valence-corrected chi connectivity index (χ4v) is 4.53. The molecule has 0 N–H and O–H groups in total. The van der Waals surface area contributed by atoms with Crippen molar-refractivity contribution in [3.63, 3.8) is 0 Å². The van der Waals surface area contributed by atoms with Crippen molar-refractivity contribution in [1.82, 2.24) is 9.21 Å². The normalized spacial score (nSPS) is 25.6. The first-order valence-corrected chi connectivity index (χ1v) is 8.13. The lowest BCUT2D eigenvalue weighted by Gasteiger charge is -2.39. The summed E-state index contributed by atoms with van der Waals surface area (Å²) in [5.74, 6) is 0. The molecular formula is C14H20N2O2S. The van der Waals surface area contributed by atoms with E-state index in [9.17, 15) is 8.42 Å². The zero-order valence-electron chi connectivity index (χ0n) is 11.6. The largest absolute Gasteiger partial charge is 0.289 e. The third-order valence-electron chi connectivity index (χ3n) is 4.19. The van der Waals surface area contributed by atoms with Gasteiger partial charge in [0.05, 0.1) is 10.4 Å². The van der Waals surface area contributed by atoms with Crippen molar-refractivity contribution in [3.8, 4) is 0 Å². The minimum absolute atomic E-state index is 0.145. The van der Waals surface area contributed by atoms with Crippen LogP contribution in [0.5, 0.6) is 0 Å². The fourth-order valence-electron chi connectivity index (χ4n) is 2.93. The van der Waals surface area contributed by atoms with Crippen molar-refractivity contribution in [2.24, 2.45) is 0 Å². The SMILES string of the molecule is Cc1ccc(S(=O)(=O)N2CC3(CN3C(C)C)C2)cc1. The first-order valence-electron chi connectivity index (χ1n) is 6.69. The molecule has 2 heterocycles. The summed E-state index contributed by atoms with van der Waals surface area (Å²) in [5.41, 5.74) is 1.22. The van der Waals surface area contributed by atoms with Gasteiger partial charge in [0.25, 0.3) is 0 Å². The van der Waals surface area contributed by atoms with Gasteiger partial charge in [0, 0.05) is 25.7 Å². The summed E-state index contributed by atoms with van der Waals surface area (Å²) in [4.78, 5) is 2.78. The lowest BCUT2D eigenvalue weighted by molar-refractivity contribution is 0.171. The Morgan fingerprint density at radius 3 is 2.16 bits per heavy atom. The molecule has 5 heteroatoms. The quantitative estimate of drug-likeness (QED) is 0.787. The van der Waals surface area contributed by atoms with E-state index in [1.54, 1.807) is 16.4 Å². The fraction of sp³-hybridized carbons (Fsp3) is 0.571. The third-order valence-corrected chi connectivity index (χ3v) is 6.00. The first kappa shape index (κ1) is 13.1. The number of benzene rings is 1. The molecular weight excluding hydrogens is 260 g/mol. The molecule has 0 saturated carbocycles. The van der Waals surface area contributed by atoms with E-state index in [0.717, 1.165) is 12.1 Å². The summed E-state index contributed by atoms with van der Waals surface area (Å²) in [6.07, 6.45) is 0. The van der Waals surface area contributed by atoms with Crippen molar-refractivity contribution >= 4 is 10.0 Å². The number of nitrogens with zero attached hydrogens (tertiary/aromatic N) is 2. The zero-order chi connectivity index (χ0) is 13.8. The second kappa shape index (κ2) is 4.04. The minimum atomic E-state index is -3.29. The molecule has 1 unspecified atom stereocenters. The van der Waals surface area contributed by atoms with Crippen LogP contribution in [0.3, 0.4) is 0 Å². The molecule has 19 heavy (non-hydrogen) atoms. The molecule has 2 aliphatic heterocycles. The molecule has 0 bridgehead atoms. The van der Waals surface area contributed by atoms with Crippen LogP contribution in [0.25, 0.3) is 0 Å². The maximum absolute atomic E-state index is 12.4. The molecule has 104 valence electrons. The second-order valence-electron chi connectivity index (χ2n) is 6.03. The highest BCUT2D eigenvalue weighted by molar-refractivity contribution is 7.89. The first-order chi connectivity index (χ1) is 8.85. The highest BCUT2D eigenvalue weighted by Gasteiger charge is 2.63. The van der Waals surface area contributed by atoms with Crippen LogP contribution in [0, 0.1) is 6.92 Å². The molecule has 2 aliphatic rings. The summed E-state index contributed by atoms with van der Waals surface area (Å²) in [7, 11) is -3.29. The number of rotatable bonds is 3. The summed E-state index contributed by atoms with van der Waals surface area (Å²) < 4.78 is 26.4. The monoisotopic (exact) mass is 280 g/mol. The molecule has 4 nitrogen and oxygen atoms in total. The van der Waals surface area contributed by atoms with E-state index >= 15 is 0 Å². The van der Waals surface area contributed by atoms with Gasteiger partial charge in [-0.1, -0.05) is 17.7 Å². The zero-order valence-corrected chi connectivity index (χ0v) is 12.4. The van der Waals surface area contributed by atoms with E-state index in [2.05, 4.69) is 18.7 Å². The Morgan fingerprint density at radius 1 is 1.11 bits per heavy atom. The van der Waals surface area contributed by atoms with E-state index < -0.39 is 10.0 Å². The van der Waals surface area contributed by atoms with E-state index in [4.69, 9.17) is 0 Å². The van der Waals surface area contributed by atoms with Gasteiger partial charge < -0.3 is 0 Å². The molecule has 0 radical (unpaired) electrons. The van der Waals surface area contributed by atoms with Gasteiger partial charge in [0.15, 0.2) is 0 Å². The van der Waals surface area contributed by atoms with Gasteiger partial charge in [-0.2, -0.15) is 4.31 Å². The molecule has 1 spiro atoms. The van der Waals surface area contributed by atoms with Crippen LogP contribution in [0.4, 0.5) is 0 Å². The lowest BCUT2D eigenvalue weighted by atomic mass is 10.0. The number of hydrogen-bond donors (Lipinski definition) is 0. The van der Waals surface area contributed by atoms with E-state index in [1.165, 1.54) is 0 Å². The molecule has 3 rings (SSSR count). The average molecular weight is 280 g/mol. The van der Waals surface area contributed by atoms with Crippen LogP contribution in [0.15, 0.2) is 29.2 Å². The Balaban J connectivity index is 1.73. The van der Waals surface area contributed by atoms with Crippen LogP contribution in [-0.2, 0) is 10.0 Å². The molecule has 1 aromatic carbocycles. The van der Waals surface area contributed by atoms with E-state index in [-0.39, 0.29) is 5.54 Å². The molecule has 0 aromatic heterocycles. The number of hydrogen-bond acceptors (Lipinski definition) is 3. The van der Waals surface area contributed by atoms with Crippen molar-refractivity contribution < 1.29 is 8.42 Å². The summed E-state index contributed by atoms with van der Waals surface area (Å²) in [6, 6.07) is 7.59. The van der Waals surface area contributed by atoms with Crippen LogP contribution >= 0.6 is 0 Å². The summed E-state index contributed by atoms with van der Waals surface area (Å²) in [6.45, 7) is 8.59. The topological polar surface area (TPSA) is 40.4 Å². The van der Waals surface area contributed by atoms with Crippen LogP contribution < -0.4 is 0 Å². The molecule has 2 saturated heterocycles. The van der Waals surface area contributed by atoms with Gasteiger partial charge in [0.2, 0.25) is 10.0 Å². The van der Waals surface area contributed by atoms with Crippen LogP contribution in [0.2, 0.25) is 0 Å². The Morgan fingerprint density at radius 2 is 1.68 bits per heavy atom. The number of sulfonamides is 1. The Bertz CT molecular complexity index is 586. The highest BCUT2D eigenvalue weighted by atomic mass is 32.2. The maximum Gasteiger partial charge on any atom is 0.243 e. The molecule has 2 fully saturated rings. The standard InChI is InChI=1S/C14H20N2O2S/c1-11(2)16-10-14(16)8-15(9-14)19(17,18)13-6-4-12(3)5-7-13/h4-7,11H,8-10H2,1-3H3. The second-order valence-corrected chi connectivity index (χ2v) is 7.97. The van der Waals surface area contributed by atoms with Crippen molar-refractivity contribution in [1.29, 1.82) is 0 Å². The van der Waals surface area contributed by atoms with E-state index in [0.29, 0.717) is 24.0 Å². The Hall–Kier alpha value is -0.910. The predicted molar refractivity (Wildman–Crippen MR) is 74.5 cm³/mol. The van der Waals surface area contributed by atoms with Gasteiger partial charge in [-0.15, -0.1) is 0 Å².